The zero-order chi connectivity index (χ0) is 15.8. The highest BCUT2D eigenvalue weighted by Gasteiger charge is 2.16. The van der Waals surface area contributed by atoms with Gasteiger partial charge in [0.1, 0.15) is 12.4 Å². The molecule has 6 heteroatoms. The summed E-state index contributed by atoms with van der Waals surface area (Å²) in [5, 5.41) is 0. The van der Waals surface area contributed by atoms with Crippen molar-refractivity contribution >= 4 is 21.9 Å². The molecule has 118 valence electrons. The fourth-order valence-electron chi connectivity index (χ4n) is 1.78. The molecule has 0 saturated heterocycles. The Kier molecular flexibility index (Phi) is 7.71. The monoisotopic (exact) mass is 360 g/mol. The Hall–Kier alpha value is -1.11. The first-order valence-electron chi connectivity index (χ1n) is 6.78. The second kappa shape index (κ2) is 9.02. The number of ether oxygens (including phenoxy) is 4. The Morgan fingerprint density at radius 2 is 1.86 bits per heavy atom. The highest BCUT2D eigenvalue weighted by atomic mass is 79.9. The Labute approximate surface area is 133 Å². The molecule has 1 rings (SSSR count). The molecule has 0 unspecified atom stereocenters. The van der Waals surface area contributed by atoms with Gasteiger partial charge >= 0.3 is 5.97 Å². The predicted octanol–water partition coefficient (Wildman–Crippen LogP) is 3.32. The maximum absolute atomic E-state index is 11.6. The van der Waals surface area contributed by atoms with Gasteiger partial charge in [-0.15, -0.1) is 0 Å². The average Bonchev–Trinajstić information content (AvgIpc) is 2.48. The fraction of sp³-hybridized carbons (Fsp3) is 0.533. The van der Waals surface area contributed by atoms with Gasteiger partial charge in [-0.3, -0.25) is 0 Å². The molecule has 21 heavy (non-hydrogen) atoms. The summed E-state index contributed by atoms with van der Waals surface area (Å²) in [6.07, 6.45) is -0.410. The summed E-state index contributed by atoms with van der Waals surface area (Å²) in [6, 6.07) is 3.40. The Balaban J connectivity index is 2.80. The van der Waals surface area contributed by atoms with Gasteiger partial charge in [0.2, 0.25) is 0 Å². The van der Waals surface area contributed by atoms with Crippen LogP contribution >= 0.6 is 15.9 Å². The number of rotatable bonds is 8. The second-order valence-corrected chi connectivity index (χ2v) is 4.99. The van der Waals surface area contributed by atoms with Crippen LogP contribution in [0, 0.1) is 6.92 Å². The summed E-state index contributed by atoms with van der Waals surface area (Å²) in [7, 11) is 1.36. The highest BCUT2D eigenvalue weighted by molar-refractivity contribution is 9.10. The Morgan fingerprint density at radius 3 is 2.38 bits per heavy atom. The highest BCUT2D eigenvalue weighted by Crippen LogP contribution is 2.31. The van der Waals surface area contributed by atoms with Gasteiger partial charge in [-0.2, -0.15) is 0 Å². The van der Waals surface area contributed by atoms with E-state index in [1.807, 2.05) is 20.8 Å². The van der Waals surface area contributed by atoms with Crippen molar-refractivity contribution in [2.45, 2.75) is 27.1 Å². The predicted molar refractivity (Wildman–Crippen MR) is 82.8 cm³/mol. The number of carbonyl (C=O) groups is 1. The molecule has 0 aliphatic rings. The molecular formula is C15H21BrO5. The van der Waals surface area contributed by atoms with Crippen LogP contribution in [-0.4, -0.2) is 39.2 Å². The zero-order valence-corrected chi connectivity index (χ0v) is 14.4. The molecule has 0 heterocycles. The first-order chi connectivity index (χ1) is 10.0. The number of methoxy groups -OCH3 is 1. The molecule has 0 amide bonds. The van der Waals surface area contributed by atoms with Gasteiger partial charge in [0.05, 0.1) is 17.1 Å². The number of halogens is 1. The third-order valence-corrected chi connectivity index (χ3v) is 3.82. The molecule has 0 aromatic heterocycles. The largest absolute Gasteiger partial charge is 0.487 e. The summed E-state index contributed by atoms with van der Waals surface area (Å²) in [5.74, 6) is 0.255. The lowest BCUT2D eigenvalue weighted by Gasteiger charge is -2.19. The Bertz CT molecular complexity index is 469. The van der Waals surface area contributed by atoms with Gasteiger partial charge < -0.3 is 18.9 Å². The van der Waals surface area contributed by atoms with Crippen LogP contribution in [-0.2, 0) is 14.2 Å². The van der Waals surface area contributed by atoms with Crippen molar-refractivity contribution in [3.8, 4) is 5.75 Å². The molecule has 0 bridgehead atoms. The lowest BCUT2D eigenvalue weighted by molar-refractivity contribution is -0.152. The van der Waals surface area contributed by atoms with E-state index < -0.39 is 6.29 Å². The second-order valence-electron chi connectivity index (χ2n) is 4.19. The van der Waals surface area contributed by atoms with E-state index in [2.05, 4.69) is 15.9 Å². The molecule has 1 aromatic rings. The average molecular weight is 361 g/mol. The quantitative estimate of drug-likeness (QED) is 0.525. The van der Waals surface area contributed by atoms with Gasteiger partial charge in [-0.1, -0.05) is 0 Å². The van der Waals surface area contributed by atoms with Crippen molar-refractivity contribution in [3.63, 3.8) is 0 Å². The van der Waals surface area contributed by atoms with Gasteiger partial charge in [0.15, 0.2) is 6.29 Å². The van der Waals surface area contributed by atoms with Gasteiger partial charge in [0, 0.05) is 13.2 Å². The Morgan fingerprint density at radius 1 is 1.24 bits per heavy atom. The number of hydrogen-bond donors (Lipinski definition) is 0. The van der Waals surface area contributed by atoms with E-state index in [-0.39, 0.29) is 12.6 Å². The third-order valence-electron chi connectivity index (χ3n) is 2.84. The first-order valence-corrected chi connectivity index (χ1v) is 7.57. The van der Waals surface area contributed by atoms with Crippen LogP contribution in [0.3, 0.4) is 0 Å². The number of esters is 1. The van der Waals surface area contributed by atoms with Gasteiger partial charge in [0.25, 0.3) is 0 Å². The maximum Gasteiger partial charge on any atom is 0.338 e. The van der Waals surface area contributed by atoms with E-state index in [0.717, 1.165) is 10.0 Å². The van der Waals surface area contributed by atoms with Crippen molar-refractivity contribution in [2.75, 3.05) is 26.9 Å². The number of carbonyl (C=O) groups excluding carboxylic acids is 1. The standard InChI is InChI=1S/C15H21BrO5/c1-5-19-13(20-6-2)9-21-12-8-7-11(15(17)18-4)10(3)14(12)16/h7-8,13H,5-6,9H2,1-4H3. The van der Waals surface area contributed by atoms with Crippen LogP contribution in [0.5, 0.6) is 5.75 Å². The van der Waals surface area contributed by atoms with E-state index in [1.165, 1.54) is 7.11 Å². The molecule has 5 nitrogen and oxygen atoms in total. The van der Waals surface area contributed by atoms with E-state index in [0.29, 0.717) is 24.5 Å². The number of benzene rings is 1. The molecule has 0 fully saturated rings. The van der Waals surface area contributed by atoms with Crippen LogP contribution in [0.2, 0.25) is 0 Å². The minimum atomic E-state index is -0.410. The lowest BCUT2D eigenvalue weighted by atomic mass is 10.1. The minimum Gasteiger partial charge on any atom is -0.487 e. The van der Waals surface area contributed by atoms with Crippen LogP contribution < -0.4 is 4.74 Å². The lowest BCUT2D eigenvalue weighted by Crippen LogP contribution is -2.25. The smallest absolute Gasteiger partial charge is 0.338 e. The SMILES string of the molecule is CCOC(COc1ccc(C(=O)OC)c(C)c1Br)OCC. The normalized spacial score (nSPS) is 10.8. The fourth-order valence-corrected chi connectivity index (χ4v) is 2.24. The van der Waals surface area contributed by atoms with E-state index in [4.69, 9.17) is 18.9 Å². The van der Waals surface area contributed by atoms with E-state index >= 15 is 0 Å². The molecule has 0 aliphatic heterocycles. The van der Waals surface area contributed by atoms with Crippen molar-refractivity contribution in [1.29, 1.82) is 0 Å². The third kappa shape index (κ3) is 4.98. The zero-order valence-electron chi connectivity index (χ0n) is 12.8. The molecule has 1 aromatic carbocycles. The molecule has 0 radical (unpaired) electrons. The van der Waals surface area contributed by atoms with Crippen LogP contribution in [0.15, 0.2) is 16.6 Å². The van der Waals surface area contributed by atoms with E-state index in [9.17, 15) is 4.79 Å². The van der Waals surface area contributed by atoms with Crippen LogP contribution in [0.1, 0.15) is 29.8 Å². The van der Waals surface area contributed by atoms with Gasteiger partial charge in [-0.05, 0) is 54.4 Å². The summed E-state index contributed by atoms with van der Waals surface area (Å²) < 4.78 is 22.0. The van der Waals surface area contributed by atoms with E-state index in [1.54, 1.807) is 12.1 Å². The van der Waals surface area contributed by atoms with Crippen molar-refractivity contribution in [3.05, 3.63) is 27.7 Å². The summed E-state index contributed by atoms with van der Waals surface area (Å²) >= 11 is 3.44. The summed E-state index contributed by atoms with van der Waals surface area (Å²) in [5.41, 5.74) is 1.27. The van der Waals surface area contributed by atoms with Crippen molar-refractivity contribution in [2.24, 2.45) is 0 Å². The van der Waals surface area contributed by atoms with Crippen LogP contribution in [0.25, 0.3) is 0 Å². The topological polar surface area (TPSA) is 54.0 Å². The molecule has 0 aliphatic carbocycles. The maximum atomic E-state index is 11.6. The summed E-state index contributed by atoms with van der Waals surface area (Å²) in [6.45, 7) is 7.00. The molecule has 0 N–H and O–H groups in total. The van der Waals surface area contributed by atoms with Gasteiger partial charge in [-0.25, -0.2) is 4.79 Å². The molecule has 0 atom stereocenters. The molecular weight excluding hydrogens is 340 g/mol. The first kappa shape index (κ1) is 17.9. The minimum absolute atomic E-state index is 0.275. The van der Waals surface area contributed by atoms with Crippen molar-refractivity contribution < 1.29 is 23.7 Å². The number of hydrogen-bond acceptors (Lipinski definition) is 5. The molecule has 0 spiro atoms. The van der Waals surface area contributed by atoms with Crippen LogP contribution in [0.4, 0.5) is 0 Å². The van der Waals surface area contributed by atoms with Crippen molar-refractivity contribution in [1.82, 2.24) is 0 Å². The molecule has 0 saturated carbocycles. The summed E-state index contributed by atoms with van der Waals surface area (Å²) in [4.78, 5) is 11.6.